The number of anilines is 5. The summed E-state index contributed by atoms with van der Waals surface area (Å²) in [7, 11) is -8.92. The number of para-hydroxylation sites is 1. The molecule has 0 aliphatic rings. The van der Waals surface area contributed by atoms with Crippen molar-refractivity contribution in [2.45, 2.75) is 9.79 Å². The number of aromatic hydroxyl groups is 3. The number of nitrogens with one attached hydrogen (secondary N) is 1. The van der Waals surface area contributed by atoms with E-state index in [1.54, 1.807) is 24.3 Å². The second-order valence-corrected chi connectivity index (χ2v) is 14.5. The van der Waals surface area contributed by atoms with E-state index in [0.717, 1.165) is 24.3 Å². The number of phenols is 3. The number of nitro groups is 3. The summed E-state index contributed by atoms with van der Waals surface area (Å²) in [4.78, 5) is 28.6. The number of rotatable bonds is 9. The zero-order valence-electron chi connectivity index (χ0n) is 33.5. The maximum Gasteiger partial charge on any atom is 1.00 e. The Morgan fingerprint density at radius 1 is 0.554 bits per heavy atom. The van der Waals surface area contributed by atoms with Crippen molar-refractivity contribution in [2.75, 3.05) is 22.5 Å². The molecule has 0 saturated carbocycles. The molecule has 0 bridgehead atoms. The summed E-state index contributed by atoms with van der Waals surface area (Å²) in [6, 6.07) is 28.8. The van der Waals surface area contributed by atoms with Crippen molar-refractivity contribution in [3.63, 3.8) is 0 Å². The largest absolute Gasteiger partial charge is 1.00 e. The maximum absolute atomic E-state index is 11.1. The van der Waals surface area contributed by atoms with Gasteiger partial charge in [-0.1, -0.05) is 24.3 Å². The molecule has 24 nitrogen and oxygen atoms in total. The van der Waals surface area contributed by atoms with Gasteiger partial charge in [0.05, 0.1) is 36.3 Å². The van der Waals surface area contributed by atoms with E-state index in [4.69, 9.17) is 22.3 Å². The van der Waals surface area contributed by atoms with Crippen LogP contribution in [0.4, 0.5) is 56.9 Å². The molecule has 0 spiro atoms. The topological polar surface area (TPSA) is 419 Å². The van der Waals surface area contributed by atoms with E-state index >= 15 is 0 Å². The van der Waals surface area contributed by atoms with Crippen molar-refractivity contribution < 1.29 is 132 Å². The van der Waals surface area contributed by atoms with E-state index in [1.165, 1.54) is 66.7 Å². The predicted molar refractivity (Wildman–Crippen MR) is 220 cm³/mol. The third-order valence-electron chi connectivity index (χ3n) is 7.26. The van der Waals surface area contributed by atoms with Gasteiger partial charge in [-0.25, -0.2) is 16.8 Å². The second-order valence-electron chi connectivity index (χ2n) is 11.8. The smallest absolute Gasteiger partial charge is 0.744 e. The van der Waals surface area contributed by atoms with E-state index < -0.39 is 63.6 Å². The molecular weight excluding hydrogens is 964 g/mol. The van der Waals surface area contributed by atoms with Crippen LogP contribution in [-0.2, 0) is 37.3 Å². The van der Waals surface area contributed by atoms with Crippen LogP contribution < -0.4 is 81.6 Å². The molecule has 0 atom stereocenters. The molecule has 29 heteroatoms. The quantitative estimate of drug-likeness (QED) is 0.0256. The Hall–Kier alpha value is -5.94. The number of azo groups is 1. The molecule has 0 aromatic heterocycles. The van der Waals surface area contributed by atoms with Gasteiger partial charge >= 0.3 is 64.8 Å². The van der Waals surface area contributed by atoms with Crippen LogP contribution in [0.25, 0.3) is 0 Å². The molecule has 0 aliphatic heterocycles. The SMILES string of the molecule is Nc1ccc(Nc2ccccc2)c(S(=O)(=O)[O-])c1.Nc1ccc([N+](=O)[O-])cc1.Nc1cccc(S(=O)(=O)[O-])c1.O=[N+]([O-])c1cc(N=Nc2ccc(O)cc2O)c(O)c([N+](=O)[O-])c1.[Fe].[Na+].[Na+]. The van der Waals surface area contributed by atoms with Crippen molar-refractivity contribution in [1.82, 2.24) is 0 Å². The Bertz CT molecular complexity index is 2850. The van der Waals surface area contributed by atoms with Crippen LogP contribution in [0.3, 0.4) is 0 Å². The first-order valence-corrected chi connectivity index (χ1v) is 19.4. The Kier molecular flexibility index (Phi) is 24.3. The Labute approximate surface area is 423 Å². The molecule has 0 heterocycles. The zero-order valence-corrected chi connectivity index (χ0v) is 40.2. The number of nitrogens with zero attached hydrogens (tertiary/aromatic N) is 5. The van der Waals surface area contributed by atoms with E-state index in [2.05, 4.69) is 15.5 Å². The minimum Gasteiger partial charge on any atom is -0.744 e. The molecular formula is C36H31FeN9Na2O15S2. The zero-order chi connectivity index (χ0) is 46.4. The first-order chi connectivity index (χ1) is 29.0. The number of phenolic OH excluding ortho intramolecular Hbond substituents is 3. The number of hydrogen-bond donors (Lipinski definition) is 7. The van der Waals surface area contributed by atoms with Crippen LogP contribution in [0, 0.1) is 30.3 Å². The van der Waals surface area contributed by atoms with Gasteiger partial charge in [0, 0.05) is 64.1 Å². The number of hydrogen-bond acceptors (Lipinski definition) is 21. The van der Waals surface area contributed by atoms with Crippen LogP contribution in [0.1, 0.15) is 0 Å². The van der Waals surface area contributed by atoms with Crippen LogP contribution in [0.15, 0.2) is 147 Å². The maximum atomic E-state index is 11.1. The third kappa shape index (κ3) is 19.4. The molecule has 6 rings (SSSR count). The first-order valence-electron chi connectivity index (χ1n) is 16.5. The van der Waals surface area contributed by atoms with Crippen LogP contribution >= 0.6 is 0 Å². The fraction of sp³-hybridized carbons (Fsp3) is 0. The van der Waals surface area contributed by atoms with Gasteiger partial charge in [0.15, 0.2) is 0 Å². The van der Waals surface area contributed by atoms with Gasteiger partial charge in [-0.05, 0) is 72.8 Å². The minimum absolute atomic E-state index is 0. The second kappa shape index (κ2) is 26.8. The van der Waals surface area contributed by atoms with Crippen molar-refractivity contribution >= 4 is 77.1 Å². The predicted octanol–water partition coefficient (Wildman–Crippen LogP) is 0.307. The molecule has 0 radical (unpaired) electrons. The molecule has 6 aromatic carbocycles. The summed E-state index contributed by atoms with van der Waals surface area (Å²) in [6.45, 7) is 0. The van der Waals surface area contributed by atoms with Crippen LogP contribution in [0.2, 0.25) is 0 Å². The van der Waals surface area contributed by atoms with E-state index in [9.17, 15) is 66.5 Å². The molecule has 0 aliphatic carbocycles. The summed E-state index contributed by atoms with van der Waals surface area (Å²) in [5.41, 5.74) is 15.8. The van der Waals surface area contributed by atoms with Gasteiger partial charge in [0.2, 0.25) is 5.75 Å². The molecule has 332 valence electrons. The molecule has 10 N–H and O–H groups in total. The summed E-state index contributed by atoms with van der Waals surface area (Å²) < 4.78 is 64.6. The molecule has 6 aromatic rings. The minimum atomic E-state index is -4.57. The van der Waals surface area contributed by atoms with Gasteiger partial charge < -0.3 is 46.9 Å². The average Bonchev–Trinajstić information content (AvgIpc) is 3.19. The monoisotopic (exact) mass is 995 g/mol. The van der Waals surface area contributed by atoms with Gasteiger partial charge in [-0.2, -0.15) is 0 Å². The Morgan fingerprint density at radius 3 is 1.60 bits per heavy atom. The number of nitrogens with two attached hydrogens (primary N) is 3. The fourth-order valence-corrected chi connectivity index (χ4v) is 5.60. The molecule has 0 unspecified atom stereocenters. The average molecular weight is 996 g/mol. The van der Waals surface area contributed by atoms with E-state index in [-0.39, 0.29) is 120 Å². The van der Waals surface area contributed by atoms with E-state index in [0.29, 0.717) is 17.4 Å². The van der Waals surface area contributed by atoms with Crippen molar-refractivity contribution in [3.05, 3.63) is 158 Å². The molecule has 65 heavy (non-hydrogen) atoms. The Morgan fingerprint density at radius 2 is 1.11 bits per heavy atom. The summed E-state index contributed by atoms with van der Waals surface area (Å²) in [5.74, 6) is -1.56. The van der Waals surface area contributed by atoms with E-state index in [1.807, 2.05) is 6.07 Å². The standard InChI is InChI=1S/C12H8N4O7.C12H12N2O3S.C6H6N2O2.C6H7NO3S.Fe.2Na/c17-7-1-2-8(11(18)5-7)13-14-9-3-6(15(20)21)4-10(12(9)19)16(22)23;13-9-6-7-11(12(8-9)18(15,16)17)14-10-4-2-1-3-5-10;7-5-1-3-6(4-2-5)8(9)10;7-5-2-1-3-6(4-5)11(8,9)10;;;/h1-5,17-19H;1-8,14H,13H2,(H,15,16,17);1-4H,7H2;1-4H,7H2,(H,8,9,10);;;/q;;;;;2*+1/p-2. The first kappa shape index (κ1) is 59.1. The van der Waals surface area contributed by atoms with Crippen molar-refractivity contribution in [2.24, 2.45) is 10.2 Å². The summed E-state index contributed by atoms with van der Waals surface area (Å²) in [5, 5.41) is 69.9. The molecule has 0 saturated heterocycles. The number of non-ortho nitro benzene ring substituents is 2. The van der Waals surface area contributed by atoms with Gasteiger partial charge in [0.25, 0.3) is 11.4 Å². The number of benzene rings is 6. The molecule has 0 amide bonds. The van der Waals surface area contributed by atoms with Gasteiger partial charge in [-0.3, -0.25) is 30.3 Å². The normalized spacial score (nSPS) is 10.2. The van der Waals surface area contributed by atoms with Crippen LogP contribution in [0.5, 0.6) is 17.2 Å². The summed E-state index contributed by atoms with van der Waals surface area (Å²) >= 11 is 0. The number of nitro benzene ring substituents is 3. The fourth-order valence-electron chi connectivity index (χ4n) is 4.41. The third-order valence-corrected chi connectivity index (χ3v) is 8.97. The van der Waals surface area contributed by atoms with Gasteiger partial charge in [-0.15, -0.1) is 10.2 Å². The number of nitrogen functional groups attached to an aromatic ring is 3. The van der Waals surface area contributed by atoms with Gasteiger partial charge in [0.1, 0.15) is 43.1 Å². The van der Waals surface area contributed by atoms with Crippen molar-refractivity contribution in [3.8, 4) is 17.2 Å². The molecule has 0 fully saturated rings. The summed E-state index contributed by atoms with van der Waals surface area (Å²) in [6.07, 6.45) is 0. The van der Waals surface area contributed by atoms with Crippen LogP contribution in [-0.4, -0.2) is 56.0 Å². The van der Waals surface area contributed by atoms with Crippen molar-refractivity contribution in [1.29, 1.82) is 0 Å². The Balaban J connectivity index is 0.000000871.